The Labute approximate surface area is 410 Å². The molecule has 0 bridgehead atoms. The SMILES string of the molecule is [2H]c1c([2H])c([2H])c2c(C3(c4cccc5sc6ccccc6c45)c4ccc(N(c5ccccc5)c5ccccc5)cc4-c4cc(N(c5ccccc5)c5ccc(-c6ccccc6)cc5)ccc43)c([2H])c([2H])c([2H])c2c1[2H]. The zero-order valence-corrected chi connectivity index (χ0v) is 37.5. The van der Waals surface area contributed by atoms with Gasteiger partial charge < -0.3 is 9.80 Å². The van der Waals surface area contributed by atoms with Crippen LogP contribution < -0.4 is 9.80 Å². The normalized spacial score (nSPS) is 15.4. The number of anilines is 6. The molecule has 0 saturated heterocycles. The lowest BCUT2D eigenvalue weighted by Gasteiger charge is -2.36. The summed E-state index contributed by atoms with van der Waals surface area (Å²) in [4.78, 5) is 4.46. The van der Waals surface area contributed by atoms with Gasteiger partial charge in [-0.2, -0.15) is 0 Å². The van der Waals surface area contributed by atoms with Gasteiger partial charge in [0.05, 0.1) is 15.0 Å². The van der Waals surface area contributed by atoms with Crippen LogP contribution >= 0.6 is 11.3 Å². The van der Waals surface area contributed by atoms with Crippen LogP contribution in [0.2, 0.25) is 0 Å². The van der Waals surface area contributed by atoms with E-state index in [1.165, 1.54) is 0 Å². The molecule has 1 aromatic heterocycles. The van der Waals surface area contributed by atoms with Crippen molar-refractivity contribution < 1.29 is 9.60 Å². The van der Waals surface area contributed by atoms with Gasteiger partial charge >= 0.3 is 0 Å². The van der Waals surface area contributed by atoms with Crippen LogP contribution in [0.3, 0.4) is 0 Å². The van der Waals surface area contributed by atoms with Crippen molar-refractivity contribution in [3.8, 4) is 22.3 Å². The third-order valence-corrected chi connectivity index (χ3v) is 14.5. The lowest BCUT2D eigenvalue weighted by molar-refractivity contribution is 0.785. The van der Waals surface area contributed by atoms with Crippen molar-refractivity contribution >= 4 is 76.4 Å². The highest BCUT2D eigenvalue weighted by Crippen LogP contribution is 2.61. The molecule has 0 amide bonds. The number of para-hydroxylation sites is 3. The molecule has 3 heteroatoms. The molecule has 1 heterocycles. The summed E-state index contributed by atoms with van der Waals surface area (Å²) in [5, 5.41) is 1.91. The Hall–Kier alpha value is -8.50. The van der Waals surface area contributed by atoms with Crippen LogP contribution in [0.5, 0.6) is 0 Å². The van der Waals surface area contributed by atoms with Gasteiger partial charge in [0.25, 0.3) is 0 Å². The molecule has 320 valence electrons. The summed E-state index contributed by atoms with van der Waals surface area (Å²) in [6, 6.07) is 74.1. The van der Waals surface area contributed by atoms with Crippen molar-refractivity contribution in [3.05, 3.63) is 289 Å². The maximum Gasteiger partial charge on any atom is 0.0726 e. The van der Waals surface area contributed by atoms with E-state index >= 15 is 0 Å². The molecule has 0 radical (unpaired) electrons. The Morgan fingerprint density at radius 3 is 1.44 bits per heavy atom. The van der Waals surface area contributed by atoms with E-state index in [9.17, 15) is 6.85 Å². The zero-order valence-electron chi connectivity index (χ0n) is 43.7. The van der Waals surface area contributed by atoms with Crippen molar-refractivity contribution in [2.24, 2.45) is 0 Å². The minimum absolute atomic E-state index is 0.0510. The van der Waals surface area contributed by atoms with E-state index in [1.807, 2.05) is 91.0 Å². The predicted molar refractivity (Wildman–Crippen MR) is 289 cm³/mol. The van der Waals surface area contributed by atoms with Crippen molar-refractivity contribution in [1.29, 1.82) is 0 Å². The van der Waals surface area contributed by atoms with Crippen LogP contribution in [0.15, 0.2) is 267 Å². The third kappa shape index (κ3) is 6.39. The molecule has 0 fully saturated rings. The molecule has 12 aromatic rings. The highest BCUT2D eigenvalue weighted by molar-refractivity contribution is 7.25. The van der Waals surface area contributed by atoms with Gasteiger partial charge in [0.2, 0.25) is 0 Å². The van der Waals surface area contributed by atoms with E-state index in [2.05, 4.69) is 143 Å². The summed E-state index contributed by atoms with van der Waals surface area (Å²) in [7, 11) is 0. The number of thiophene rings is 1. The van der Waals surface area contributed by atoms with E-state index < -0.39 is 35.6 Å². The highest BCUT2D eigenvalue weighted by atomic mass is 32.1. The Kier molecular flexibility index (Phi) is 7.98. The average Bonchev–Trinajstić information content (AvgIpc) is 4.14. The summed E-state index contributed by atoms with van der Waals surface area (Å²) < 4.78 is 68.4. The molecule has 0 saturated carbocycles. The van der Waals surface area contributed by atoms with Crippen molar-refractivity contribution in [2.75, 3.05) is 9.80 Å². The molecule has 1 atom stereocenters. The van der Waals surface area contributed by atoms with Crippen molar-refractivity contribution in [1.82, 2.24) is 0 Å². The molecule has 0 spiro atoms. The molecule has 13 rings (SSSR count). The number of benzene rings is 11. The fraction of sp³-hybridized carbons (Fsp3) is 0.0154. The van der Waals surface area contributed by atoms with E-state index in [1.54, 1.807) is 11.3 Å². The second-order valence-corrected chi connectivity index (χ2v) is 18.2. The average molecular weight is 892 g/mol. The second kappa shape index (κ2) is 16.4. The Balaban J connectivity index is 1.19. The predicted octanol–water partition coefficient (Wildman–Crippen LogP) is 18.2. The third-order valence-electron chi connectivity index (χ3n) is 13.4. The van der Waals surface area contributed by atoms with E-state index in [0.29, 0.717) is 0 Å². The maximum atomic E-state index is 10.2. The van der Waals surface area contributed by atoms with Crippen LogP contribution in [-0.2, 0) is 5.41 Å². The quantitative estimate of drug-likeness (QED) is 0.142. The van der Waals surface area contributed by atoms with Crippen molar-refractivity contribution in [2.45, 2.75) is 5.41 Å². The molecule has 1 aliphatic carbocycles. The lowest BCUT2D eigenvalue weighted by Crippen LogP contribution is -2.29. The summed E-state index contributed by atoms with van der Waals surface area (Å²) in [6.45, 7) is 0. The van der Waals surface area contributed by atoms with Gasteiger partial charge in [-0.3, -0.25) is 0 Å². The standard InChI is InChI=1S/C65H44N2S/c1-5-19-45(20-6-1)46-35-37-51(38-36-46)67(50-27-11-4-12-28-50)53-40-42-60-57(44-53)56-43-52(66(48-23-7-2-8-24-48)49-25-9-3-10-26-49)39-41-59(56)65(60,58-31-17-22-47-21-13-14-29-54(47)58)61-32-18-34-63-64(61)55-30-15-16-33-62(55)68-63/h1-44H/i13D,14D,17D,21D,22D,29D,31D. The molecule has 1 aliphatic rings. The molecular formula is C65H44N2S. The van der Waals surface area contributed by atoms with Crippen LogP contribution in [0.25, 0.3) is 53.2 Å². The Morgan fingerprint density at radius 2 is 0.824 bits per heavy atom. The number of nitrogens with zero attached hydrogens (tertiary/aromatic N) is 2. The highest BCUT2D eigenvalue weighted by Gasteiger charge is 2.48. The van der Waals surface area contributed by atoms with E-state index in [-0.39, 0.29) is 28.4 Å². The topological polar surface area (TPSA) is 6.48 Å². The van der Waals surface area contributed by atoms with Gasteiger partial charge in [0.15, 0.2) is 0 Å². The largest absolute Gasteiger partial charge is 0.310 e. The summed E-state index contributed by atoms with van der Waals surface area (Å²) in [6.07, 6.45) is 0. The Morgan fingerprint density at radius 1 is 0.338 bits per heavy atom. The van der Waals surface area contributed by atoms with E-state index in [4.69, 9.17) is 2.74 Å². The van der Waals surface area contributed by atoms with Crippen molar-refractivity contribution in [3.63, 3.8) is 0 Å². The Bertz CT molecular complexity index is 4160. The molecular weight excluding hydrogens is 841 g/mol. The van der Waals surface area contributed by atoms with Crippen LogP contribution in [-0.4, -0.2) is 0 Å². The van der Waals surface area contributed by atoms with Crippen LogP contribution in [0, 0.1) is 0 Å². The minimum Gasteiger partial charge on any atom is -0.310 e. The van der Waals surface area contributed by atoms with Gasteiger partial charge in [-0.15, -0.1) is 11.3 Å². The summed E-state index contributed by atoms with van der Waals surface area (Å²) in [5.74, 6) is 0. The first-order valence-electron chi connectivity index (χ1n) is 26.3. The fourth-order valence-electron chi connectivity index (χ4n) is 10.5. The summed E-state index contributed by atoms with van der Waals surface area (Å²) in [5.41, 5.74) is 10.5. The number of hydrogen-bond donors (Lipinski definition) is 0. The summed E-state index contributed by atoms with van der Waals surface area (Å²) >= 11 is 1.67. The van der Waals surface area contributed by atoms with Gasteiger partial charge in [0.1, 0.15) is 0 Å². The smallest absolute Gasteiger partial charge is 0.0726 e. The van der Waals surface area contributed by atoms with Gasteiger partial charge in [-0.25, -0.2) is 0 Å². The van der Waals surface area contributed by atoms with Gasteiger partial charge in [-0.1, -0.05) is 182 Å². The monoisotopic (exact) mass is 891 g/mol. The molecule has 68 heavy (non-hydrogen) atoms. The first-order valence-corrected chi connectivity index (χ1v) is 23.6. The van der Waals surface area contributed by atoms with Crippen LogP contribution in [0.1, 0.15) is 31.8 Å². The fourth-order valence-corrected chi connectivity index (χ4v) is 11.7. The van der Waals surface area contributed by atoms with Gasteiger partial charge in [-0.05, 0) is 140 Å². The molecule has 0 N–H and O–H groups in total. The van der Waals surface area contributed by atoms with Gasteiger partial charge in [0, 0.05) is 54.3 Å². The van der Waals surface area contributed by atoms with E-state index in [0.717, 1.165) is 93.2 Å². The number of rotatable bonds is 9. The number of hydrogen-bond acceptors (Lipinski definition) is 3. The molecule has 0 aliphatic heterocycles. The van der Waals surface area contributed by atoms with Crippen LogP contribution in [0.4, 0.5) is 34.1 Å². The molecule has 1 unspecified atom stereocenters. The lowest BCUT2D eigenvalue weighted by atomic mass is 9.65. The first-order chi connectivity index (χ1) is 36.6. The minimum atomic E-state index is -1.48. The maximum absolute atomic E-state index is 10.2. The number of fused-ring (bicyclic) bond motifs is 7. The second-order valence-electron chi connectivity index (χ2n) is 17.1. The zero-order chi connectivity index (χ0) is 51.1. The first kappa shape index (κ1) is 33.0. The molecule has 11 aromatic carbocycles. The molecule has 2 nitrogen and oxygen atoms in total.